The van der Waals surface area contributed by atoms with Crippen LogP contribution in [0.15, 0.2) is 42.5 Å². The third-order valence-corrected chi connectivity index (χ3v) is 2.45. The Hall–Kier alpha value is -2.56. The van der Waals surface area contributed by atoms with Gasteiger partial charge in [0.25, 0.3) is 0 Å². The third kappa shape index (κ3) is 3.01. The minimum atomic E-state index is -1.05. The Balaban J connectivity index is 2.29. The van der Waals surface area contributed by atoms with Crippen LogP contribution in [0.1, 0.15) is 10.4 Å². The zero-order valence-corrected chi connectivity index (χ0v) is 10.1. The van der Waals surface area contributed by atoms with E-state index in [9.17, 15) is 9.18 Å². The smallest absolute Gasteiger partial charge is 0.335 e. The van der Waals surface area contributed by atoms with Gasteiger partial charge in [0.05, 0.1) is 12.7 Å². The van der Waals surface area contributed by atoms with Crippen molar-refractivity contribution in [1.82, 2.24) is 0 Å². The average molecular weight is 262 g/mol. The van der Waals surface area contributed by atoms with Gasteiger partial charge in [0.2, 0.25) is 0 Å². The second-order valence-electron chi connectivity index (χ2n) is 3.73. The van der Waals surface area contributed by atoms with Crippen LogP contribution in [-0.4, -0.2) is 18.2 Å². The summed E-state index contributed by atoms with van der Waals surface area (Å²) in [5.74, 6) is -0.321. The summed E-state index contributed by atoms with van der Waals surface area (Å²) in [6.07, 6.45) is 0. The Morgan fingerprint density at radius 2 is 1.79 bits per heavy atom. The van der Waals surface area contributed by atoms with Crippen LogP contribution in [0.2, 0.25) is 0 Å². The van der Waals surface area contributed by atoms with Gasteiger partial charge in [-0.15, -0.1) is 0 Å². The van der Waals surface area contributed by atoms with Crippen LogP contribution >= 0.6 is 0 Å². The van der Waals surface area contributed by atoms with Crippen molar-refractivity contribution >= 4 is 5.97 Å². The molecule has 1 N–H and O–H groups in total. The first kappa shape index (κ1) is 12.9. The maximum atomic E-state index is 12.8. The van der Waals surface area contributed by atoms with Crippen molar-refractivity contribution in [1.29, 1.82) is 0 Å². The van der Waals surface area contributed by atoms with E-state index in [1.54, 1.807) is 0 Å². The van der Waals surface area contributed by atoms with Crippen LogP contribution in [0.4, 0.5) is 4.39 Å². The molecule has 0 saturated heterocycles. The van der Waals surface area contributed by atoms with E-state index >= 15 is 0 Å². The summed E-state index contributed by atoms with van der Waals surface area (Å²) in [4.78, 5) is 10.8. The van der Waals surface area contributed by atoms with Gasteiger partial charge < -0.3 is 14.6 Å². The highest BCUT2D eigenvalue weighted by atomic mass is 19.1. The number of carboxylic acid groups (broad SMARTS) is 1. The first-order chi connectivity index (χ1) is 9.10. The van der Waals surface area contributed by atoms with Crippen molar-refractivity contribution in [3.63, 3.8) is 0 Å². The fraction of sp³-hybridized carbons (Fsp3) is 0.0714. The Bertz CT molecular complexity index is 593. The Morgan fingerprint density at radius 3 is 2.37 bits per heavy atom. The number of ether oxygens (including phenoxy) is 2. The minimum absolute atomic E-state index is 0.100. The first-order valence-corrected chi connectivity index (χ1v) is 5.45. The molecule has 0 spiro atoms. The van der Waals surface area contributed by atoms with Crippen LogP contribution in [0.5, 0.6) is 17.2 Å². The lowest BCUT2D eigenvalue weighted by molar-refractivity contribution is 0.0696. The van der Waals surface area contributed by atoms with E-state index in [-0.39, 0.29) is 11.4 Å². The summed E-state index contributed by atoms with van der Waals surface area (Å²) in [7, 11) is 1.42. The molecule has 2 rings (SSSR count). The van der Waals surface area contributed by atoms with E-state index in [2.05, 4.69) is 0 Å². The van der Waals surface area contributed by atoms with Gasteiger partial charge in [-0.3, -0.25) is 0 Å². The van der Waals surface area contributed by atoms with E-state index < -0.39 is 5.97 Å². The molecular weight excluding hydrogens is 251 g/mol. The van der Waals surface area contributed by atoms with E-state index in [1.807, 2.05) is 0 Å². The monoisotopic (exact) mass is 262 g/mol. The SMILES string of the molecule is COc1cc(C(=O)O)ccc1Oc1ccc(F)cc1. The lowest BCUT2D eigenvalue weighted by Crippen LogP contribution is -1.98. The number of methoxy groups -OCH3 is 1. The van der Waals surface area contributed by atoms with Crippen LogP contribution in [0.25, 0.3) is 0 Å². The highest BCUT2D eigenvalue weighted by Crippen LogP contribution is 2.32. The number of hydrogen-bond acceptors (Lipinski definition) is 3. The summed E-state index contributed by atoms with van der Waals surface area (Å²) >= 11 is 0. The fourth-order valence-electron chi connectivity index (χ4n) is 1.51. The summed E-state index contributed by atoms with van der Waals surface area (Å²) in [5.41, 5.74) is 0.100. The molecule has 98 valence electrons. The second-order valence-corrected chi connectivity index (χ2v) is 3.73. The predicted octanol–water partition coefficient (Wildman–Crippen LogP) is 3.32. The van der Waals surface area contributed by atoms with Gasteiger partial charge in [0.15, 0.2) is 11.5 Å². The molecule has 0 aromatic heterocycles. The molecule has 0 atom stereocenters. The van der Waals surface area contributed by atoms with Crippen LogP contribution in [0.3, 0.4) is 0 Å². The Labute approximate surface area is 109 Å². The van der Waals surface area contributed by atoms with E-state index in [1.165, 1.54) is 49.6 Å². The topological polar surface area (TPSA) is 55.8 Å². The summed E-state index contributed by atoms with van der Waals surface area (Å²) < 4.78 is 23.3. The maximum Gasteiger partial charge on any atom is 0.335 e. The largest absolute Gasteiger partial charge is 0.493 e. The van der Waals surface area contributed by atoms with Crippen LogP contribution < -0.4 is 9.47 Å². The molecule has 0 saturated carbocycles. The molecule has 0 aliphatic rings. The van der Waals surface area contributed by atoms with Crippen molar-refractivity contribution < 1.29 is 23.8 Å². The maximum absolute atomic E-state index is 12.8. The quantitative estimate of drug-likeness (QED) is 0.918. The molecule has 0 radical (unpaired) electrons. The molecule has 0 aliphatic heterocycles. The molecule has 0 amide bonds. The van der Waals surface area contributed by atoms with E-state index in [4.69, 9.17) is 14.6 Å². The van der Waals surface area contributed by atoms with Gasteiger partial charge in [-0.1, -0.05) is 0 Å². The molecule has 2 aromatic carbocycles. The highest BCUT2D eigenvalue weighted by Gasteiger charge is 2.10. The summed E-state index contributed by atoms with van der Waals surface area (Å²) in [6.45, 7) is 0. The third-order valence-electron chi connectivity index (χ3n) is 2.45. The zero-order valence-electron chi connectivity index (χ0n) is 10.1. The standard InChI is InChI=1S/C14H11FO4/c1-18-13-8-9(14(16)17)2-7-12(13)19-11-5-3-10(15)4-6-11/h2-8H,1H3,(H,16,17). The number of carbonyl (C=O) groups is 1. The van der Waals surface area contributed by atoms with Crippen LogP contribution in [-0.2, 0) is 0 Å². The Morgan fingerprint density at radius 1 is 1.11 bits per heavy atom. The normalized spacial score (nSPS) is 10.0. The molecule has 0 fully saturated rings. The summed E-state index contributed by atoms with van der Waals surface area (Å²) in [6, 6.07) is 9.75. The summed E-state index contributed by atoms with van der Waals surface area (Å²) in [5, 5.41) is 8.88. The highest BCUT2D eigenvalue weighted by molar-refractivity contribution is 5.88. The molecule has 4 nitrogen and oxygen atoms in total. The van der Waals surface area contributed by atoms with Crippen LogP contribution in [0, 0.1) is 5.82 Å². The molecule has 0 unspecified atom stereocenters. The van der Waals surface area contributed by atoms with Crippen molar-refractivity contribution in [2.75, 3.05) is 7.11 Å². The lowest BCUT2D eigenvalue weighted by atomic mass is 10.2. The number of hydrogen-bond donors (Lipinski definition) is 1. The lowest BCUT2D eigenvalue weighted by Gasteiger charge is -2.10. The van der Waals surface area contributed by atoms with Crippen molar-refractivity contribution in [3.8, 4) is 17.2 Å². The molecule has 0 aliphatic carbocycles. The molecule has 5 heteroatoms. The van der Waals surface area contributed by atoms with Crippen molar-refractivity contribution in [2.24, 2.45) is 0 Å². The first-order valence-electron chi connectivity index (χ1n) is 5.45. The van der Waals surface area contributed by atoms with Crippen molar-refractivity contribution in [3.05, 3.63) is 53.8 Å². The van der Waals surface area contributed by atoms with E-state index in [0.717, 1.165) is 0 Å². The second kappa shape index (κ2) is 5.39. The fourth-order valence-corrected chi connectivity index (χ4v) is 1.51. The molecule has 0 heterocycles. The van der Waals surface area contributed by atoms with Gasteiger partial charge in [0.1, 0.15) is 11.6 Å². The van der Waals surface area contributed by atoms with Gasteiger partial charge >= 0.3 is 5.97 Å². The number of rotatable bonds is 4. The van der Waals surface area contributed by atoms with Gasteiger partial charge in [-0.25, -0.2) is 9.18 Å². The number of halogens is 1. The Kier molecular flexibility index (Phi) is 3.66. The number of benzene rings is 2. The molecule has 19 heavy (non-hydrogen) atoms. The van der Waals surface area contributed by atoms with Crippen molar-refractivity contribution in [2.45, 2.75) is 0 Å². The van der Waals surface area contributed by atoms with E-state index in [0.29, 0.717) is 17.2 Å². The molecule has 2 aromatic rings. The van der Waals surface area contributed by atoms with Gasteiger partial charge in [-0.2, -0.15) is 0 Å². The van der Waals surface area contributed by atoms with Gasteiger partial charge in [0, 0.05) is 0 Å². The number of carboxylic acids is 1. The molecule has 0 bridgehead atoms. The predicted molar refractivity (Wildman–Crippen MR) is 66.4 cm³/mol. The average Bonchev–Trinajstić information content (AvgIpc) is 2.41. The zero-order chi connectivity index (χ0) is 13.8. The number of aromatic carboxylic acids is 1. The molecular formula is C14H11FO4. The minimum Gasteiger partial charge on any atom is -0.493 e. The van der Waals surface area contributed by atoms with Gasteiger partial charge in [-0.05, 0) is 42.5 Å².